The van der Waals surface area contributed by atoms with Gasteiger partial charge in [-0.2, -0.15) is 8.78 Å². The molecule has 0 saturated carbocycles. The number of rotatable bonds is 4. The van der Waals surface area contributed by atoms with Gasteiger partial charge in [-0.3, -0.25) is 0 Å². The van der Waals surface area contributed by atoms with Crippen molar-refractivity contribution in [1.29, 1.82) is 0 Å². The van der Waals surface area contributed by atoms with Crippen LogP contribution in [-0.2, 0) is 9.84 Å². The minimum Gasteiger partial charge on any atom is -0.216 e. The van der Waals surface area contributed by atoms with Gasteiger partial charge in [0.1, 0.15) is 4.21 Å². The molecule has 0 aliphatic heterocycles. The van der Waals surface area contributed by atoms with Crippen LogP contribution in [0.4, 0.5) is 13.2 Å². The first-order valence-electron chi connectivity index (χ1n) is 4.36. The van der Waals surface area contributed by atoms with Crippen LogP contribution in [0.25, 0.3) is 0 Å². The van der Waals surface area contributed by atoms with E-state index in [1.54, 1.807) is 0 Å². The van der Waals surface area contributed by atoms with Gasteiger partial charge in [0.15, 0.2) is 5.83 Å². The average Bonchev–Trinajstić information content (AvgIpc) is 2.70. The highest BCUT2D eigenvalue weighted by atomic mass is 32.2. The molecule has 7 heteroatoms. The predicted molar refractivity (Wildman–Crippen MR) is 55.9 cm³/mol. The average molecular weight is 270 g/mol. The van der Waals surface area contributed by atoms with Crippen molar-refractivity contribution in [3.05, 3.63) is 29.4 Å². The van der Waals surface area contributed by atoms with E-state index >= 15 is 0 Å². The molecule has 0 atom stereocenters. The highest BCUT2D eigenvalue weighted by Gasteiger charge is 2.51. The normalized spacial score (nSPS) is 14.1. The van der Waals surface area contributed by atoms with Gasteiger partial charge in [-0.15, -0.1) is 11.3 Å². The summed E-state index contributed by atoms with van der Waals surface area (Å²) >= 11 is 0.630. The lowest BCUT2D eigenvalue weighted by molar-refractivity contribution is 0.105. The van der Waals surface area contributed by atoms with Gasteiger partial charge in [-0.05, 0) is 23.9 Å². The van der Waals surface area contributed by atoms with Crippen LogP contribution in [-0.4, -0.2) is 13.7 Å². The third kappa shape index (κ3) is 2.15. The predicted octanol–water partition coefficient (Wildman–Crippen LogP) is 3.38. The Morgan fingerprint density at radius 3 is 2.62 bits per heavy atom. The minimum absolute atomic E-state index is 0.00137. The zero-order chi connectivity index (χ0) is 12.4. The summed E-state index contributed by atoms with van der Waals surface area (Å²) in [5.41, 5.74) is 0. The summed E-state index contributed by atoms with van der Waals surface area (Å²) < 4.78 is 61.9. The summed E-state index contributed by atoms with van der Waals surface area (Å²) in [6.07, 6.45) is 0.562. The van der Waals surface area contributed by atoms with Crippen LogP contribution >= 0.6 is 11.3 Å². The molecule has 0 saturated heterocycles. The fraction of sp³-hybridized carbons (Fsp3) is 0.333. The summed E-state index contributed by atoms with van der Waals surface area (Å²) in [4.78, 5) is 0. The molecular formula is C9H9F3O2S2. The monoisotopic (exact) mass is 270 g/mol. The van der Waals surface area contributed by atoms with Crippen LogP contribution in [0.2, 0.25) is 0 Å². The van der Waals surface area contributed by atoms with E-state index in [2.05, 4.69) is 0 Å². The van der Waals surface area contributed by atoms with Gasteiger partial charge in [0.2, 0.25) is 0 Å². The first-order chi connectivity index (χ1) is 7.34. The summed E-state index contributed by atoms with van der Waals surface area (Å²) in [6, 6.07) is 2.34. The summed E-state index contributed by atoms with van der Waals surface area (Å²) in [6.45, 7) is 1.44. The number of hydrogen-bond donors (Lipinski definition) is 0. The lowest BCUT2D eigenvalue weighted by Gasteiger charge is -2.13. The number of sulfone groups is 1. The third-order valence-corrected chi connectivity index (χ3v) is 4.90. The van der Waals surface area contributed by atoms with Gasteiger partial charge < -0.3 is 0 Å². The van der Waals surface area contributed by atoms with E-state index in [0.29, 0.717) is 17.4 Å². The SMILES string of the molecule is CC/C=C(\F)C(F)(F)S(=O)(=O)c1cccs1. The Morgan fingerprint density at radius 1 is 1.56 bits per heavy atom. The minimum atomic E-state index is -4.97. The molecule has 1 heterocycles. The fourth-order valence-electron chi connectivity index (χ4n) is 0.969. The summed E-state index contributed by atoms with van der Waals surface area (Å²) in [7, 11) is -4.97. The Balaban J connectivity index is 3.24. The zero-order valence-corrected chi connectivity index (χ0v) is 9.92. The van der Waals surface area contributed by atoms with Crippen molar-refractivity contribution in [2.75, 3.05) is 0 Å². The topological polar surface area (TPSA) is 34.1 Å². The molecule has 0 spiro atoms. The van der Waals surface area contributed by atoms with Crippen LogP contribution in [0.3, 0.4) is 0 Å². The maximum absolute atomic E-state index is 13.3. The number of thiophene rings is 1. The van der Waals surface area contributed by atoms with E-state index in [-0.39, 0.29) is 6.42 Å². The molecule has 1 aromatic rings. The van der Waals surface area contributed by atoms with Gasteiger partial charge in [0.05, 0.1) is 0 Å². The van der Waals surface area contributed by atoms with E-state index in [0.717, 1.165) is 6.07 Å². The second-order valence-electron chi connectivity index (χ2n) is 2.91. The van der Waals surface area contributed by atoms with Crippen LogP contribution in [0.1, 0.15) is 13.3 Å². The molecule has 0 fully saturated rings. The van der Waals surface area contributed by atoms with E-state index in [9.17, 15) is 21.6 Å². The second kappa shape index (κ2) is 4.58. The summed E-state index contributed by atoms with van der Waals surface area (Å²) in [5, 5.41) is -3.15. The van der Waals surface area contributed by atoms with Crippen molar-refractivity contribution in [2.24, 2.45) is 0 Å². The molecule has 0 radical (unpaired) electrons. The molecule has 2 nitrogen and oxygen atoms in total. The number of hydrogen-bond acceptors (Lipinski definition) is 3. The molecule has 1 aromatic heterocycles. The van der Waals surface area contributed by atoms with E-state index in [1.165, 1.54) is 18.4 Å². The van der Waals surface area contributed by atoms with E-state index in [1.807, 2.05) is 0 Å². The van der Waals surface area contributed by atoms with Crippen molar-refractivity contribution in [2.45, 2.75) is 22.8 Å². The maximum atomic E-state index is 13.3. The van der Waals surface area contributed by atoms with Crippen LogP contribution < -0.4 is 0 Å². The van der Waals surface area contributed by atoms with E-state index < -0.39 is 25.1 Å². The molecule has 0 amide bonds. The van der Waals surface area contributed by atoms with Crippen molar-refractivity contribution < 1.29 is 21.6 Å². The molecule has 0 aliphatic carbocycles. The van der Waals surface area contributed by atoms with Gasteiger partial charge in [-0.25, -0.2) is 12.8 Å². The molecule has 16 heavy (non-hydrogen) atoms. The first-order valence-corrected chi connectivity index (χ1v) is 6.72. The van der Waals surface area contributed by atoms with Crippen LogP contribution in [0.15, 0.2) is 33.6 Å². The standard InChI is InChI=1S/C9H9F3O2S2/c1-2-4-7(10)9(11,12)16(13,14)8-5-3-6-15-8/h3-6H,2H2,1H3/b7-4-. The van der Waals surface area contributed by atoms with Gasteiger partial charge >= 0.3 is 5.25 Å². The molecule has 0 N–H and O–H groups in total. The van der Waals surface area contributed by atoms with Crippen LogP contribution in [0.5, 0.6) is 0 Å². The largest absolute Gasteiger partial charge is 0.400 e. The van der Waals surface area contributed by atoms with Gasteiger partial charge in [-0.1, -0.05) is 13.0 Å². The van der Waals surface area contributed by atoms with Gasteiger partial charge in [0, 0.05) is 0 Å². The highest BCUT2D eigenvalue weighted by molar-refractivity contribution is 7.94. The first kappa shape index (κ1) is 13.2. The Labute approximate surface area is 95.3 Å². The number of alkyl halides is 2. The smallest absolute Gasteiger partial charge is 0.216 e. The molecule has 0 bridgehead atoms. The third-order valence-electron chi connectivity index (χ3n) is 1.76. The van der Waals surface area contributed by atoms with Crippen molar-refractivity contribution in [1.82, 2.24) is 0 Å². The van der Waals surface area contributed by atoms with Crippen LogP contribution in [0, 0.1) is 0 Å². The molecule has 0 aromatic carbocycles. The van der Waals surface area contributed by atoms with Gasteiger partial charge in [0.25, 0.3) is 9.84 Å². The second-order valence-corrected chi connectivity index (χ2v) is 6.08. The Morgan fingerprint density at radius 2 is 2.19 bits per heavy atom. The molecular weight excluding hydrogens is 261 g/mol. The Bertz CT molecular complexity index is 475. The maximum Gasteiger partial charge on any atom is 0.400 e. The van der Waals surface area contributed by atoms with Crippen molar-refractivity contribution >= 4 is 21.2 Å². The lowest BCUT2D eigenvalue weighted by atomic mass is 10.4. The quantitative estimate of drug-likeness (QED) is 0.840. The van der Waals surface area contributed by atoms with Crippen molar-refractivity contribution in [3.8, 4) is 0 Å². The molecule has 0 unspecified atom stereocenters. The Hall–Kier alpha value is -0.820. The van der Waals surface area contributed by atoms with E-state index in [4.69, 9.17) is 0 Å². The highest BCUT2D eigenvalue weighted by Crippen LogP contribution is 2.37. The molecule has 90 valence electrons. The zero-order valence-electron chi connectivity index (χ0n) is 8.28. The summed E-state index contributed by atoms with van der Waals surface area (Å²) in [5.74, 6) is -1.93. The molecule has 0 aliphatic rings. The Kier molecular flexibility index (Phi) is 3.80. The molecule has 1 rings (SSSR count). The number of halogens is 3. The fourth-order valence-corrected chi connectivity index (χ4v) is 3.26. The van der Waals surface area contributed by atoms with Crippen molar-refractivity contribution in [3.63, 3.8) is 0 Å². The lowest BCUT2D eigenvalue weighted by Crippen LogP contribution is -2.29. The number of allylic oxidation sites excluding steroid dienone is 1.